The van der Waals surface area contributed by atoms with E-state index in [-0.39, 0.29) is 12.0 Å². The number of carbonyl (C=O) groups is 1. The summed E-state index contributed by atoms with van der Waals surface area (Å²) >= 11 is 0. The van der Waals surface area contributed by atoms with Gasteiger partial charge in [0.2, 0.25) is 0 Å². The summed E-state index contributed by atoms with van der Waals surface area (Å²) in [5.41, 5.74) is 1.87. The predicted molar refractivity (Wildman–Crippen MR) is 86.9 cm³/mol. The number of aryl methyl sites for hydroxylation is 2. The number of rotatable bonds is 3. The van der Waals surface area contributed by atoms with E-state index in [1.807, 2.05) is 19.0 Å². The molecular formula is C16H21N5O3. The molecule has 24 heavy (non-hydrogen) atoms. The van der Waals surface area contributed by atoms with Crippen molar-refractivity contribution in [2.75, 3.05) is 38.7 Å². The second-order valence-electron chi connectivity index (χ2n) is 5.97. The molecule has 0 bridgehead atoms. The van der Waals surface area contributed by atoms with Gasteiger partial charge in [0.25, 0.3) is 5.91 Å². The molecule has 128 valence electrons. The zero-order valence-corrected chi connectivity index (χ0v) is 14.3. The lowest BCUT2D eigenvalue weighted by Crippen LogP contribution is -2.43. The Kier molecular flexibility index (Phi) is 4.48. The average molecular weight is 331 g/mol. The second-order valence-corrected chi connectivity index (χ2v) is 5.97. The van der Waals surface area contributed by atoms with Gasteiger partial charge in [-0.1, -0.05) is 5.16 Å². The molecule has 1 aliphatic rings. The van der Waals surface area contributed by atoms with E-state index in [0.717, 1.165) is 11.5 Å². The van der Waals surface area contributed by atoms with Gasteiger partial charge < -0.3 is 19.1 Å². The third-order valence-electron chi connectivity index (χ3n) is 4.04. The normalized spacial score (nSPS) is 17.8. The van der Waals surface area contributed by atoms with Crippen molar-refractivity contribution in [3.05, 3.63) is 35.1 Å². The van der Waals surface area contributed by atoms with Crippen LogP contribution in [0.1, 0.15) is 33.6 Å². The van der Waals surface area contributed by atoms with Gasteiger partial charge in [-0.05, 0) is 13.8 Å². The smallest absolute Gasteiger partial charge is 0.259 e. The fourth-order valence-electron chi connectivity index (χ4n) is 2.86. The lowest BCUT2D eigenvalue weighted by molar-refractivity contribution is -0.0247. The van der Waals surface area contributed by atoms with Gasteiger partial charge in [0.1, 0.15) is 23.1 Å². The number of carbonyl (C=O) groups excluding carboxylic acids is 1. The van der Waals surface area contributed by atoms with E-state index in [4.69, 9.17) is 9.26 Å². The van der Waals surface area contributed by atoms with Gasteiger partial charge in [-0.25, -0.2) is 4.98 Å². The Bertz CT molecular complexity index is 724. The van der Waals surface area contributed by atoms with Crippen molar-refractivity contribution in [2.45, 2.75) is 20.0 Å². The molecule has 3 rings (SSSR count). The molecule has 2 aromatic rings. The highest BCUT2D eigenvalue weighted by Crippen LogP contribution is 2.27. The molecule has 1 aliphatic heterocycles. The van der Waals surface area contributed by atoms with Crippen LogP contribution in [0.3, 0.4) is 0 Å². The summed E-state index contributed by atoms with van der Waals surface area (Å²) in [6.45, 7) is 4.91. The Morgan fingerprint density at radius 1 is 1.29 bits per heavy atom. The van der Waals surface area contributed by atoms with Gasteiger partial charge >= 0.3 is 0 Å². The second kappa shape index (κ2) is 6.56. The fraction of sp³-hybridized carbons (Fsp3) is 0.500. The maximum absolute atomic E-state index is 12.8. The third-order valence-corrected chi connectivity index (χ3v) is 4.04. The molecule has 3 heterocycles. The van der Waals surface area contributed by atoms with Gasteiger partial charge in [0.05, 0.1) is 18.8 Å². The van der Waals surface area contributed by atoms with Crippen molar-refractivity contribution < 1.29 is 14.1 Å². The molecule has 1 fully saturated rings. The Balaban J connectivity index is 1.84. The number of ether oxygens (including phenoxy) is 1. The van der Waals surface area contributed by atoms with Crippen LogP contribution in [0.25, 0.3) is 0 Å². The molecule has 0 radical (unpaired) electrons. The number of morpholine rings is 1. The number of anilines is 1. The quantitative estimate of drug-likeness (QED) is 0.839. The molecule has 1 amide bonds. The van der Waals surface area contributed by atoms with Crippen LogP contribution in [0, 0.1) is 13.8 Å². The highest BCUT2D eigenvalue weighted by atomic mass is 16.5. The first-order valence-corrected chi connectivity index (χ1v) is 7.81. The molecule has 0 spiro atoms. The maximum atomic E-state index is 12.8. The van der Waals surface area contributed by atoms with E-state index in [0.29, 0.717) is 36.7 Å². The molecule has 0 aromatic carbocycles. The van der Waals surface area contributed by atoms with Gasteiger partial charge in [-0.2, -0.15) is 0 Å². The first-order chi connectivity index (χ1) is 11.5. The van der Waals surface area contributed by atoms with Crippen LogP contribution in [0.4, 0.5) is 5.82 Å². The minimum Gasteiger partial charge on any atom is -0.368 e. The van der Waals surface area contributed by atoms with Gasteiger partial charge in [-0.3, -0.25) is 9.78 Å². The van der Waals surface area contributed by atoms with Gasteiger partial charge in [0.15, 0.2) is 5.82 Å². The van der Waals surface area contributed by atoms with Crippen molar-refractivity contribution in [2.24, 2.45) is 0 Å². The minimum atomic E-state index is -0.311. The van der Waals surface area contributed by atoms with E-state index in [9.17, 15) is 4.79 Å². The van der Waals surface area contributed by atoms with Gasteiger partial charge in [0, 0.05) is 33.0 Å². The summed E-state index contributed by atoms with van der Waals surface area (Å²) in [7, 11) is 3.81. The van der Waals surface area contributed by atoms with Crippen LogP contribution in [-0.4, -0.2) is 59.7 Å². The Morgan fingerprint density at radius 3 is 2.71 bits per heavy atom. The summed E-state index contributed by atoms with van der Waals surface area (Å²) in [5.74, 6) is 1.19. The Hall–Kier alpha value is -2.48. The van der Waals surface area contributed by atoms with Crippen LogP contribution < -0.4 is 4.90 Å². The van der Waals surface area contributed by atoms with Crippen molar-refractivity contribution in [3.63, 3.8) is 0 Å². The Morgan fingerprint density at radius 2 is 2.04 bits per heavy atom. The lowest BCUT2D eigenvalue weighted by atomic mass is 10.1. The summed E-state index contributed by atoms with van der Waals surface area (Å²) in [6.07, 6.45) is 2.98. The SMILES string of the molecule is Cc1noc(C)c1C(=O)N1CCO[C@H](c2nccnc2N(C)C)C1. The number of aromatic nitrogens is 3. The Labute approximate surface area is 140 Å². The zero-order valence-electron chi connectivity index (χ0n) is 14.3. The summed E-state index contributed by atoms with van der Waals surface area (Å²) in [6, 6.07) is 0. The molecule has 1 atom stereocenters. The third kappa shape index (κ3) is 2.96. The van der Waals surface area contributed by atoms with Crippen LogP contribution >= 0.6 is 0 Å². The fourth-order valence-corrected chi connectivity index (χ4v) is 2.86. The van der Waals surface area contributed by atoms with Crippen molar-refractivity contribution in [1.29, 1.82) is 0 Å². The molecule has 0 aliphatic carbocycles. The summed E-state index contributed by atoms with van der Waals surface area (Å²) in [4.78, 5) is 25.2. The van der Waals surface area contributed by atoms with Crippen molar-refractivity contribution >= 4 is 11.7 Å². The van der Waals surface area contributed by atoms with Crippen molar-refractivity contribution in [1.82, 2.24) is 20.0 Å². The highest BCUT2D eigenvalue weighted by molar-refractivity contribution is 5.96. The first-order valence-electron chi connectivity index (χ1n) is 7.81. The predicted octanol–water partition coefficient (Wildman–Crippen LogP) is 1.36. The molecule has 8 heteroatoms. The maximum Gasteiger partial charge on any atom is 0.259 e. The molecule has 2 aromatic heterocycles. The standard InChI is InChI=1S/C16H21N5O3/c1-10-13(11(2)24-19-10)16(22)21-7-8-23-12(9-21)14-15(20(3)4)18-6-5-17-14/h5-6,12H,7-9H2,1-4H3/t12-/m0/s1. The lowest BCUT2D eigenvalue weighted by Gasteiger charge is -2.33. The molecular weight excluding hydrogens is 310 g/mol. The van der Waals surface area contributed by atoms with Crippen LogP contribution in [0.15, 0.2) is 16.9 Å². The number of nitrogens with zero attached hydrogens (tertiary/aromatic N) is 5. The van der Waals surface area contributed by atoms with Crippen LogP contribution in [-0.2, 0) is 4.74 Å². The van der Waals surface area contributed by atoms with Crippen LogP contribution in [0.2, 0.25) is 0 Å². The number of hydrogen-bond donors (Lipinski definition) is 0. The van der Waals surface area contributed by atoms with Gasteiger partial charge in [-0.15, -0.1) is 0 Å². The molecule has 1 saturated heterocycles. The van der Waals surface area contributed by atoms with E-state index in [2.05, 4.69) is 15.1 Å². The van der Waals surface area contributed by atoms with E-state index < -0.39 is 0 Å². The largest absolute Gasteiger partial charge is 0.368 e. The summed E-state index contributed by atoms with van der Waals surface area (Å²) in [5, 5.41) is 3.86. The molecule has 0 unspecified atom stereocenters. The first kappa shape index (κ1) is 16.4. The van der Waals surface area contributed by atoms with Crippen LogP contribution in [0.5, 0.6) is 0 Å². The molecule has 0 saturated carbocycles. The molecule has 8 nitrogen and oxygen atoms in total. The minimum absolute atomic E-state index is 0.0881. The zero-order chi connectivity index (χ0) is 17.3. The van der Waals surface area contributed by atoms with Crippen molar-refractivity contribution in [3.8, 4) is 0 Å². The number of amides is 1. The van der Waals surface area contributed by atoms with E-state index >= 15 is 0 Å². The van der Waals surface area contributed by atoms with E-state index in [1.165, 1.54) is 0 Å². The average Bonchev–Trinajstić information content (AvgIpc) is 2.93. The monoisotopic (exact) mass is 331 g/mol. The highest BCUT2D eigenvalue weighted by Gasteiger charge is 2.31. The topological polar surface area (TPSA) is 84.6 Å². The molecule has 0 N–H and O–H groups in total. The number of hydrogen-bond acceptors (Lipinski definition) is 7. The van der Waals surface area contributed by atoms with E-state index in [1.54, 1.807) is 31.1 Å². The summed E-state index contributed by atoms with van der Waals surface area (Å²) < 4.78 is 11.0.